The van der Waals surface area contributed by atoms with E-state index in [1.165, 1.54) is 12.3 Å². The predicted octanol–water partition coefficient (Wildman–Crippen LogP) is 3.41. The molecule has 1 rings (SSSR count). The van der Waals surface area contributed by atoms with E-state index in [1.807, 2.05) is 0 Å². The maximum atomic E-state index is 12.3. The van der Waals surface area contributed by atoms with Crippen molar-refractivity contribution >= 4 is 35.0 Å². The van der Waals surface area contributed by atoms with Gasteiger partial charge in [-0.15, -0.1) is 0 Å². The number of ether oxygens (including phenoxy) is 1. The third-order valence-electron chi connectivity index (χ3n) is 2.53. The lowest BCUT2D eigenvalue weighted by molar-refractivity contribution is -0.147. The van der Waals surface area contributed by atoms with Crippen LogP contribution in [-0.4, -0.2) is 23.3 Å². The van der Waals surface area contributed by atoms with Crippen molar-refractivity contribution in [3.8, 4) is 0 Å². The molecule has 0 spiro atoms. The number of ketones is 1. The van der Waals surface area contributed by atoms with Crippen molar-refractivity contribution in [1.29, 1.82) is 0 Å². The standard InChI is InChI=1S/C13H15Cl2NO3/c1-4-19-13(18)10(7(2)3)12(17)11-9(15)5-8(14)6-16-11/h5-7,10H,4H2,1-3H3. The van der Waals surface area contributed by atoms with E-state index in [4.69, 9.17) is 27.9 Å². The molecule has 6 heteroatoms. The highest BCUT2D eigenvalue weighted by Crippen LogP contribution is 2.24. The second kappa shape index (κ2) is 6.87. The van der Waals surface area contributed by atoms with Crippen LogP contribution in [0, 0.1) is 11.8 Å². The molecule has 0 radical (unpaired) electrons. The lowest BCUT2D eigenvalue weighted by atomic mass is 9.90. The van der Waals surface area contributed by atoms with Crippen molar-refractivity contribution < 1.29 is 14.3 Å². The number of nitrogens with zero attached hydrogens (tertiary/aromatic N) is 1. The molecule has 1 atom stereocenters. The van der Waals surface area contributed by atoms with Crippen LogP contribution in [0.2, 0.25) is 10.0 Å². The summed E-state index contributed by atoms with van der Waals surface area (Å²) < 4.78 is 4.91. The van der Waals surface area contributed by atoms with E-state index in [9.17, 15) is 9.59 Å². The Balaban J connectivity index is 3.09. The molecule has 19 heavy (non-hydrogen) atoms. The zero-order chi connectivity index (χ0) is 14.6. The first kappa shape index (κ1) is 15.9. The molecule has 1 aromatic rings. The molecular weight excluding hydrogens is 289 g/mol. The highest BCUT2D eigenvalue weighted by molar-refractivity contribution is 6.36. The lowest BCUT2D eigenvalue weighted by Gasteiger charge is -2.17. The normalized spacial score (nSPS) is 12.3. The summed E-state index contributed by atoms with van der Waals surface area (Å²) in [5, 5.41) is 0.464. The van der Waals surface area contributed by atoms with Gasteiger partial charge < -0.3 is 4.74 Å². The van der Waals surface area contributed by atoms with Crippen LogP contribution < -0.4 is 0 Å². The smallest absolute Gasteiger partial charge is 0.317 e. The molecule has 0 amide bonds. The Morgan fingerprint density at radius 3 is 2.47 bits per heavy atom. The summed E-state index contributed by atoms with van der Waals surface area (Å²) in [7, 11) is 0. The Labute approximate surface area is 122 Å². The maximum Gasteiger partial charge on any atom is 0.317 e. The summed E-state index contributed by atoms with van der Waals surface area (Å²) in [6.45, 7) is 5.44. The fourth-order valence-corrected chi connectivity index (χ4v) is 2.13. The number of hydrogen-bond donors (Lipinski definition) is 0. The van der Waals surface area contributed by atoms with Crippen molar-refractivity contribution in [1.82, 2.24) is 4.98 Å². The second-order valence-electron chi connectivity index (χ2n) is 4.32. The van der Waals surface area contributed by atoms with Crippen molar-refractivity contribution in [3.05, 3.63) is 28.0 Å². The summed E-state index contributed by atoms with van der Waals surface area (Å²) in [6, 6.07) is 1.42. The average molecular weight is 304 g/mol. The number of Topliss-reactive ketones (excluding diaryl/α,β-unsaturated/α-hetero) is 1. The van der Waals surface area contributed by atoms with Crippen LogP contribution in [0.15, 0.2) is 12.3 Å². The van der Waals surface area contributed by atoms with Crippen LogP contribution in [0.25, 0.3) is 0 Å². The van der Waals surface area contributed by atoms with Crippen LogP contribution in [0.5, 0.6) is 0 Å². The van der Waals surface area contributed by atoms with Crippen LogP contribution in [0.4, 0.5) is 0 Å². The van der Waals surface area contributed by atoms with Crippen LogP contribution in [0.1, 0.15) is 31.3 Å². The third-order valence-corrected chi connectivity index (χ3v) is 3.03. The van der Waals surface area contributed by atoms with Crippen molar-refractivity contribution in [3.63, 3.8) is 0 Å². The highest BCUT2D eigenvalue weighted by atomic mass is 35.5. The van der Waals surface area contributed by atoms with E-state index in [1.54, 1.807) is 20.8 Å². The number of halogens is 2. The van der Waals surface area contributed by atoms with E-state index in [2.05, 4.69) is 4.98 Å². The molecule has 1 aromatic heterocycles. The molecule has 0 saturated carbocycles. The first-order chi connectivity index (χ1) is 8.88. The minimum atomic E-state index is -0.911. The van der Waals surface area contributed by atoms with Gasteiger partial charge in [0.15, 0.2) is 5.78 Å². The summed E-state index contributed by atoms with van der Waals surface area (Å²) in [5.41, 5.74) is 0.0396. The molecule has 0 aliphatic rings. The quantitative estimate of drug-likeness (QED) is 0.475. The van der Waals surface area contributed by atoms with Crippen LogP contribution in [0.3, 0.4) is 0 Å². The third kappa shape index (κ3) is 3.91. The Kier molecular flexibility index (Phi) is 5.76. The van der Waals surface area contributed by atoms with Gasteiger partial charge in [-0.1, -0.05) is 37.0 Å². The zero-order valence-electron chi connectivity index (χ0n) is 10.9. The van der Waals surface area contributed by atoms with Gasteiger partial charge in [-0.2, -0.15) is 0 Å². The monoisotopic (exact) mass is 303 g/mol. The summed E-state index contributed by atoms with van der Waals surface area (Å²) in [6.07, 6.45) is 1.32. The van der Waals surface area contributed by atoms with Crippen molar-refractivity contribution in [2.24, 2.45) is 11.8 Å². The molecule has 104 valence electrons. The zero-order valence-corrected chi connectivity index (χ0v) is 12.5. The molecule has 0 fully saturated rings. The average Bonchev–Trinajstić information content (AvgIpc) is 2.28. The first-order valence-corrected chi connectivity index (χ1v) is 6.66. The number of esters is 1. The second-order valence-corrected chi connectivity index (χ2v) is 5.17. The predicted molar refractivity (Wildman–Crippen MR) is 73.5 cm³/mol. The summed E-state index contributed by atoms with van der Waals surface area (Å²) >= 11 is 11.7. The van der Waals surface area contributed by atoms with Gasteiger partial charge in [0.25, 0.3) is 0 Å². The van der Waals surface area contributed by atoms with Crippen LogP contribution in [-0.2, 0) is 9.53 Å². The molecule has 0 aromatic carbocycles. The number of carbonyl (C=O) groups is 2. The molecule has 1 unspecified atom stereocenters. The van der Waals surface area contributed by atoms with Gasteiger partial charge in [-0.25, -0.2) is 4.98 Å². The highest BCUT2D eigenvalue weighted by Gasteiger charge is 2.33. The molecule has 0 N–H and O–H groups in total. The van der Waals surface area contributed by atoms with Gasteiger partial charge in [0.05, 0.1) is 16.7 Å². The molecule has 0 bridgehead atoms. The van der Waals surface area contributed by atoms with E-state index >= 15 is 0 Å². The van der Waals surface area contributed by atoms with E-state index in [0.717, 1.165) is 0 Å². The summed E-state index contributed by atoms with van der Waals surface area (Å²) in [4.78, 5) is 28.1. The van der Waals surface area contributed by atoms with E-state index < -0.39 is 17.7 Å². The number of aromatic nitrogens is 1. The van der Waals surface area contributed by atoms with Gasteiger partial charge in [-0.05, 0) is 18.9 Å². The fraction of sp³-hybridized carbons (Fsp3) is 0.462. The number of pyridine rings is 1. The number of carbonyl (C=O) groups excluding carboxylic acids is 2. The largest absolute Gasteiger partial charge is 0.465 e. The van der Waals surface area contributed by atoms with Gasteiger partial charge in [0.2, 0.25) is 0 Å². The van der Waals surface area contributed by atoms with Crippen molar-refractivity contribution in [2.75, 3.05) is 6.61 Å². The SMILES string of the molecule is CCOC(=O)C(C(=O)c1ncc(Cl)cc1Cl)C(C)C. The molecule has 0 aliphatic heterocycles. The van der Waals surface area contributed by atoms with Crippen molar-refractivity contribution in [2.45, 2.75) is 20.8 Å². The summed E-state index contributed by atoms with van der Waals surface area (Å²) in [5.74, 6) is -2.13. The molecule has 1 heterocycles. The Bertz CT molecular complexity index is 489. The van der Waals surface area contributed by atoms with Gasteiger partial charge in [-0.3, -0.25) is 9.59 Å². The Hall–Kier alpha value is -1.13. The number of rotatable bonds is 5. The first-order valence-electron chi connectivity index (χ1n) is 5.90. The maximum absolute atomic E-state index is 12.3. The van der Waals surface area contributed by atoms with Gasteiger partial charge >= 0.3 is 5.97 Å². The molecule has 0 saturated heterocycles. The molecular formula is C13H15Cl2NO3. The Morgan fingerprint density at radius 2 is 2.00 bits per heavy atom. The van der Waals surface area contributed by atoms with Crippen LogP contribution >= 0.6 is 23.2 Å². The number of hydrogen-bond acceptors (Lipinski definition) is 4. The van der Waals surface area contributed by atoms with Gasteiger partial charge in [0, 0.05) is 6.20 Å². The van der Waals surface area contributed by atoms with E-state index in [0.29, 0.717) is 5.02 Å². The molecule has 0 aliphatic carbocycles. The topological polar surface area (TPSA) is 56.3 Å². The van der Waals surface area contributed by atoms with Gasteiger partial charge in [0.1, 0.15) is 11.6 Å². The van der Waals surface area contributed by atoms with E-state index in [-0.39, 0.29) is 23.2 Å². The lowest BCUT2D eigenvalue weighted by Crippen LogP contribution is -2.31. The minimum absolute atomic E-state index is 0.0396. The minimum Gasteiger partial charge on any atom is -0.465 e. The Morgan fingerprint density at radius 1 is 1.37 bits per heavy atom. The molecule has 4 nitrogen and oxygen atoms in total. The fourth-order valence-electron chi connectivity index (χ4n) is 1.66.